The molecule has 1 amide bonds. The zero-order valence-electron chi connectivity index (χ0n) is 42.9. The first-order chi connectivity index (χ1) is 32.5. The number of benzene rings is 1. The maximum absolute atomic E-state index is 12.9. The molecule has 3 aromatic rings. The number of carbonyl (C=O) groups is 2. The smallest absolute Gasteiger partial charge is 0.226 e. The Morgan fingerprint density at radius 2 is 1.58 bits per heavy atom. The van der Waals surface area contributed by atoms with Crippen LogP contribution in [0.5, 0.6) is 0 Å². The van der Waals surface area contributed by atoms with Crippen LogP contribution in [0.1, 0.15) is 106 Å². The van der Waals surface area contributed by atoms with Crippen LogP contribution in [-0.4, -0.2) is 98.9 Å². The summed E-state index contributed by atoms with van der Waals surface area (Å²) < 4.78 is 6.18. The highest BCUT2D eigenvalue weighted by atomic mass is 16.4. The molecule has 1 aliphatic rings. The molecule has 1 unspecified atom stereocenters. The fraction of sp³-hybridized carbons (Fsp3) is 0.418. The molecule has 67 heavy (non-hydrogen) atoms. The Hall–Kier alpha value is -6.28. The highest BCUT2D eigenvalue weighted by Crippen LogP contribution is 2.27. The minimum atomic E-state index is -0.932. The molecule has 370 valence electrons. The predicted octanol–water partition coefficient (Wildman–Crippen LogP) is 11.1. The Bertz CT molecular complexity index is 1960. The summed E-state index contributed by atoms with van der Waals surface area (Å²) in [6.45, 7) is 21.6. The van der Waals surface area contributed by atoms with Crippen molar-refractivity contribution in [1.82, 2.24) is 24.8 Å². The van der Waals surface area contributed by atoms with Gasteiger partial charge in [-0.25, -0.2) is 9.97 Å². The van der Waals surface area contributed by atoms with Crippen LogP contribution in [-0.2, 0) is 16.1 Å². The molecule has 1 atom stereocenters. The zero-order valence-corrected chi connectivity index (χ0v) is 42.9. The Morgan fingerprint density at radius 3 is 2.18 bits per heavy atom. The summed E-state index contributed by atoms with van der Waals surface area (Å²) in [5.41, 5.74) is 5.19. The average molecular weight is 925 g/mol. The number of Topliss-reactive ketones (excluding diaryl/α,β-unsaturated/α-hetero) is 1. The molecule has 2 aromatic heterocycles. The van der Waals surface area contributed by atoms with Crippen molar-refractivity contribution in [1.29, 1.82) is 0 Å². The van der Waals surface area contributed by atoms with Gasteiger partial charge in [-0.05, 0) is 88.7 Å². The van der Waals surface area contributed by atoms with E-state index in [1.54, 1.807) is 17.3 Å². The van der Waals surface area contributed by atoms with Gasteiger partial charge in [-0.3, -0.25) is 14.5 Å². The molecule has 1 aromatic carbocycles. The number of allylic oxidation sites excluding steroid dienone is 9. The number of nitrogens with one attached hydrogen (secondary N) is 2. The number of aromatic amines is 1. The number of oxazole rings is 1. The number of amides is 1. The van der Waals surface area contributed by atoms with Gasteiger partial charge in [0.25, 0.3) is 0 Å². The van der Waals surface area contributed by atoms with E-state index in [9.17, 15) is 14.7 Å². The molecule has 2 heterocycles. The normalized spacial score (nSPS) is 11.2. The summed E-state index contributed by atoms with van der Waals surface area (Å²) >= 11 is 0. The van der Waals surface area contributed by atoms with Gasteiger partial charge in [0, 0.05) is 62.3 Å². The van der Waals surface area contributed by atoms with Gasteiger partial charge < -0.3 is 34.9 Å². The van der Waals surface area contributed by atoms with E-state index in [2.05, 4.69) is 72.0 Å². The number of hydrogen-bond donors (Lipinski definition) is 5. The van der Waals surface area contributed by atoms with Crippen LogP contribution in [0, 0.1) is 32.6 Å². The fourth-order valence-corrected chi connectivity index (χ4v) is 5.70. The minimum Gasteiger partial charge on any atom is -0.436 e. The van der Waals surface area contributed by atoms with Gasteiger partial charge in [-0.2, -0.15) is 0 Å². The summed E-state index contributed by atoms with van der Waals surface area (Å²) in [5, 5.41) is 27.9. The zero-order chi connectivity index (χ0) is 52.0. The molecule has 0 spiro atoms. The summed E-state index contributed by atoms with van der Waals surface area (Å²) in [4.78, 5) is 41.8. The van der Waals surface area contributed by atoms with E-state index in [4.69, 9.17) is 14.6 Å². The van der Waals surface area contributed by atoms with Crippen molar-refractivity contribution in [2.75, 3.05) is 46.2 Å². The summed E-state index contributed by atoms with van der Waals surface area (Å²) in [5.74, 6) is 1.92. The first-order valence-electron chi connectivity index (χ1n) is 22.8. The lowest BCUT2D eigenvalue weighted by Crippen LogP contribution is -2.41. The third-order valence-corrected chi connectivity index (χ3v) is 8.14. The molecular formula is C55H84N6O6. The molecule has 0 bridgehead atoms. The second kappa shape index (κ2) is 46.3. The second-order valence-corrected chi connectivity index (χ2v) is 13.7. The highest BCUT2D eigenvalue weighted by Gasteiger charge is 2.18. The molecule has 0 radical (unpaired) electrons. The summed E-state index contributed by atoms with van der Waals surface area (Å²) in [6, 6.07) is 13.2. The van der Waals surface area contributed by atoms with Gasteiger partial charge in [0.1, 0.15) is 12.1 Å². The molecule has 12 heteroatoms. The van der Waals surface area contributed by atoms with E-state index in [0.717, 1.165) is 60.9 Å². The first-order valence-corrected chi connectivity index (χ1v) is 22.8. The Labute approximate surface area is 405 Å². The van der Waals surface area contributed by atoms with Gasteiger partial charge in [0.15, 0.2) is 11.5 Å². The number of rotatable bonds is 17. The Kier molecular flexibility index (Phi) is 46.5. The Morgan fingerprint density at radius 1 is 0.955 bits per heavy atom. The van der Waals surface area contributed by atoms with Crippen LogP contribution in [0.15, 0.2) is 119 Å². The molecule has 1 aliphatic carbocycles. The number of likely N-dealkylation sites (N-methyl/N-ethyl adjacent to an activating group) is 1. The van der Waals surface area contributed by atoms with Crippen LogP contribution in [0.2, 0.25) is 0 Å². The van der Waals surface area contributed by atoms with Crippen LogP contribution in [0.3, 0.4) is 0 Å². The monoisotopic (exact) mass is 925 g/mol. The standard InChI is InChI=1S/C42H52N6O4.C3H8.2C2H6.2C2H2.2CH4O/c1-6-8-14-31(3)24-41(51)48(23-7-2)30-40(50)46-36-20-18-34(19-21-36)42-44-27-38(52-42)35-17-13-22-43-39(45-32(4)25-35)29-47(5)28-37(49)26-33-15-11-9-10-12-16-33;1-3-2;6*1-2/h6,8-11,13-22,25,27,40,46,50H,7,12,23-24,26,28-30H2,1-5H3,(H,43,45);3H2,1-2H3;2*1-2H3;2*1-2H;2*2H,1H3/b8-6-,22-13?,31-14+,32-25?,35-17?;;;;;;;. The largest absolute Gasteiger partial charge is 0.436 e. The number of aliphatic hydroxyl groups is 3. The number of carbonyl (C=O) groups excluding carboxylic acids is 2. The number of nitrogens with zero attached hydrogens (tertiary/aromatic N) is 4. The lowest BCUT2D eigenvalue weighted by Gasteiger charge is -2.26. The number of aromatic nitrogens is 3. The third-order valence-electron chi connectivity index (χ3n) is 8.14. The van der Waals surface area contributed by atoms with Crippen molar-refractivity contribution in [3.8, 4) is 48.5 Å². The van der Waals surface area contributed by atoms with Crippen molar-refractivity contribution in [3.05, 3.63) is 126 Å². The van der Waals surface area contributed by atoms with Gasteiger partial charge in [-0.1, -0.05) is 109 Å². The molecule has 0 fully saturated rings. The molecular weight excluding hydrogens is 841 g/mol. The average Bonchev–Trinajstić information content (AvgIpc) is 3.74. The van der Waals surface area contributed by atoms with Crippen molar-refractivity contribution < 1.29 is 29.3 Å². The van der Waals surface area contributed by atoms with E-state index in [1.807, 2.05) is 146 Å². The molecule has 5 N–H and O–H groups in total. The quantitative estimate of drug-likeness (QED) is 0.0499. The van der Waals surface area contributed by atoms with E-state index in [0.29, 0.717) is 49.8 Å². The van der Waals surface area contributed by atoms with Crippen LogP contribution < -0.4 is 5.32 Å². The Balaban J connectivity index is -0.00000119. The highest BCUT2D eigenvalue weighted by molar-refractivity contribution is 5.83. The van der Waals surface area contributed by atoms with Crippen LogP contribution in [0.25, 0.3) is 22.8 Å². The lowest BCUT2D eigenvalue weighted by atomic mass is 10.1. The number of aryl methyl sites for hydroxylation is 1. The van der Waals surface area contributed by atoms with E-state index < -0.39 is 6.23 Å². The van der Waals surface area contributed by atoms with Crippen molar-refractivity contribution in [2.24, 2.45) is 0 Å². The molecule has 0 saturated carbocycles. The van der Waals surface area contributed by atoms with Gasteiger partial charge >= 0.3 is 0 Å². The molecule has 4 rings (SSSR count). The predicted molar refractivity (Wildman–Crippen MR) is 283 cm³/mol. The SMILES string of the molecule is C#C.C#C.C/C=C\C=C(/C)CC(=O)N(CCC)CC(O)Nc1ccc(-c2ncc(-c3cccnc(CN(C)CC(=O)CC4=CCC=CC=C4)[nH]c(C)c3)o2)cc1.CC.CC.CCC.CO.CO. The third kappa shape index (κ3) is 31.3. The van der Waals surface area contributed by atoms with E-state index >= 15 is 0 Å². The molecule has 0 saturated heterocycles. The number of ketones is 1. The maximum Gasteiger partial charge on any atom is 0.226 e. The van der Waals surface area contributed by atoms with Gasteiger partial charge in [0.2, 0.25) is 11.8 Å². The van der Waals surface area contributed by atoms with Crippen molar-refractivity contribution >= 4 is 17.4 Å². The number of H-pyrrole nitrogens is 1. The van der Waals surface area contributed by atoms with Crippen LogP contribution >= 0.6 is 0 Å². The van der Waals surface area contributed by atoms with E-state index in [-0.39, 0.29) is 18.2 Å². The maximum atomic E-state index is 12.9. The topological polar surface area (TPSA) is 168 Å². The molecule has 0 aliphatic heterocycles. The fourth-order valence-electron chi connectivity index (χ4n) is 5.70. The van der Waals surface area contributed by atoms with Gasteiger partial charge in [-0.15, -0.1) is 25.7 Å². The number of anilines is 1. The van der Waals surface area contributed by atoms with Crippen molar-refractivity contribution in [2.45, 2.75) is 114 Å². The van der Waals surface area contributed by atoms with E-state index in [1.165, 1.54) is 6.42 Å². The lowest BCUT2D eigenvalue weighted by molar-refractivity contribution is -0.131. The summed E-state index contributed by atoms with van der Waals surface area (Å²) in [7, 11) is 3.91. The summed E-state index contributed by atoms with van der Waals surface area (Å²) in [6.07, 6.45) is 38.0. The number of terminal acetylenes is 2. The second-order valence-electron chi connectivity index (χ2n) is 13.7. The number of aliphatic hydroxyl groups excluding tert-OH is 3. The van der Waals surface area contributed by atoms with Crippen LogP contribution in [0.4, 0.5) is 5.69 Å². The number of hydrogen-bond acceptors (Lipinski definition) is 10. The van der Waals surface area contributed by atoms with Gasteiger partial charge in [0.05, 0.1) is 25.8 Å². The first kappa shape index (κ1) is 67.3. The molecule has 12 nitrogen and oxygen atoms in total. The minimum absolute atomic E-state index is 0.0129. The van der Waals surface area contributed by atoms with Crippen molar-refractivity contribution in [3.63, 3.8) is 0 Å².